The second-order valence-electron chi connectivity index (χ2n) is 18.3. The Hall–Kier alpha value is -1.66. The number of carbonyl (C=O) groups is 2. The van der Waals surface area contributed by atoms with Gasteiger partial charge in [0.15, 0.2) is 0 Å². The van der Waals surface area contributed by atoms with Crippen LogP contribution in [0.2, 0.25) is 0 Å². The fourth-order valence-corrected chi connectivity index (χ4v) is 8.23. The van der Waals surface area contributed by atoms with Gasteiger partial charge in [0.05, 0.1) is 25.2 Å². The van der Waals surface area contributed by atoms with E-state index in [-0.39, 0.29) is 24.9 Å². The number of esters is 1. The second kappa shape index (κ2) is 48.4. The summed E-state index contributed by atoms with van der Waals surface area (Å²) in [6.45, 7) is 6.47. The van der Waals surface area contributed by atoms with E-state index in [9.17, 15) is 19.8 Å². The van der Waals surface area contributed by atoms with E-state index in [1.165, 1.54) is 173 Å². The molecule has 0 spiro atoms. The van der Waals surface area contributed by atoms with E-state index < -0.39 is 18.2 Å². The molecule has 0 heterocycles. The van der Waals surface area contributed by atoms with Gasteiger partial charge in [-0.25, -0.2) is 0 Å². The van der Waals surface area contributed by atoms with Crippen LogP contribution in [0.5, 0.6) is 0 Å². The molecule has 6 heteroatoms. The van der Waals surface area contributed by atoms with Crippen LogP contribution in [0, 0.1) is 0 Å². The van der Waals surface area contributed by atoms with Gasteiger partial charge in [0, 0.05) is 6.42 Å². The molecule has 0 aromatic rings. The van der Waals surface area contributed by atoms with Gasteiger partial charge < -0.3 is 20.3 Å². The van der Waals surface area contributed by atoms with Crippen LogP contribution in [-0.4, -0.2) is 46.9 Å². The largest absolute Gasteiger partial charge is 0.462 e. The third kappa shape index (κ3) is 43.0. The van der Waals surface area contributed by atoms with Crippen LogP contribution >= 0.6 is 0 Å². The SMILES string of the molecule is CCCCC/C=C\C/C=C\CCCCCCCC(CC(=O)NC(CO)C(O)CCCCCCCCCCCCCC)OC(=O)CCCCCCCCCCCCCCCC. The fourth-order valence-electron chi connectivity index (χ4n) is 8.23. The molecule has 0 radical (unpaired) electrons. The number of rotatable bonds is 48. The van der Waals surface area contributed by atoms with Crippen molar-refractivity contribution >= 4 is 11.9 Å². The number of hydrogen-bond donors (Lipinski definition) is 3. The molecule has 0 aliphatic carbocycles. The van der Waals surface area contributed by atoms with Crippen LogP contribution in [0.3, 0.4) is 0 Å². The van der Waals surface area contributed by atoms with Crippen molar-refractivity contribution < 1.29 is 24.5 Å². The molecular formula is C54H103NO5. The molecule has 0 aliphatic heterocycles. The van der Waals surface area contributed by atoms with E-state index in [0.29, 0.717) is 19.3 Å². The van der Waals surface area contributed by atoms with E-state index in [4.69, 9.17) is 4.74 Å². The lowest BCUT2D eigenvalue weighted by molar-refractivity contribution is -0.151. The Morgan fingerprint density at radius 1 is 0.483 bits per heavy atom. The molecule has 0 aromatic heterocycles. The van der Waals surface area contributed by atoms with Crippen molar-refractivity contribution in [2.45, 2.75) is 302 Å². The van der Waals surface area contributed by atoms with Crippen LogP contribution in [0.1, 0.15) is 284 Å². The normalized spacial score (nSPS) is 13.3. The Kier molecular flexibility index (Phi) is 47.0. The molecule has 0 saturated heterocycles. The standard InChI is InChI=1S/C54H103NO5/c1-4-7-10-13-16-19-22-25-27-28-30-33-36-39-42-45-50(60-54(59)47-44-41-38-35-32-29-26-23-20-17-14-11-8-5-2)48-53(58)55-51(49-56)52(57)46-43-40-37-34-31-24-21-18-15-12-9-6-3/h16,19,25,27,50-52,56-57H,4-15,17-18,20-24,26,28-49H2,1-3H3,(H,55,58)/b19-16-,27-25-. The molecule has 0 rings (SSSR count). The van der Waals surface area contributed by atoms with Gasteiger partial charge in [0.1, 0.15) is 6.10 Å². The Morgan fingerprint density at radius 2 is 0.850 bits per heavy atom. The van der Waals surface area contributed by atoms with Crippen LogP contribution < -0.4 is 5.32 Å². The maximum atomic E-state index is 13.2. The quantitative estimate of drug-likeness (QED) is 0.0322. The molecule has 6 nitrogen and oxygen atoms in total. The summed E-state index contributed by atoms with van der Waals surface area (Å²) in [6, 6.07) is -0.701. The first-order valence-electron chi connectivity index (χ1n) is 26.6. The maximum absolute atomic E-state index is 13.2. The van der Waals surface area contributed by atoms with Gasteiger partial charge in [-0.15, -0.1) is 0 Å². The topological polar surface area (TPSA) is 95.9 Å². The predicted octanol–water partition coefficient (Wildman–Crippen LogP) is 15.9. The minimum Gasteiger partial charge on any atom is -0.462 e. The zero-order valence-electron chi connectivity index (χ0n) is 40.4. The van der Waals surface area contributed by atoms with Crippen LogP contribution in [0.15, 0.2) is 24.3 Å². The summed E-state index contributed by atoms with van der Waals surface area (Å²) in [4.78, 5) is 26.2. The van der Waals surface area contributed by atoms with Gasteiger partial charge in [-0.05, 0) is 57.8 Å². The molecule has 3 N–H and O–H groups in total. The lowest BCUT2D eigenvalue weighted by Gasteiger charge is -2.24. The molecule has 60 heavy (non-hydrogen) atoms. The zero-order valence-corrected chi connectivity index (χ0v) is 40.4. The summed E-state index contributed by atoms with van der Waals surface area (Å²) >= 11 is 0. The van der Waals surface area contributed by atoms with Crippen molar-refractivity contribution in [1.82, 2.24) is 5.32 Å². The van der Waals surface area contributed by atoms with Crippen molar-refractivity contribution in [3.8, 4) is 0 Å². The van der Waals surface area contributed by atoms with E-state index in [0.717, 1.165) is 64.2 Å². The number of amides is 1. The monoisotopic (exact) mass is 846 g/mol. The minimum atomic E-state index is -0.787. The molecule has 0 saturated carbocycles. The average Bonchev–Trinajstić information content (AvgIpc) is 3.24. The van der Waals surface area contributed by atoms with E-state index in [1.807, 2.05) is 0 Å². The summed E-state index contributed by atoms with van der Waals surface area (Å²) in [7, 11) is 0. The van der Waals surface area contributed by atoms with Crippen molar-refractivity contribution in [1.29, 1.82) is 0 Å². The van der Waals surface area contributed by atoms with Gasteiger partial charge in [-0.2, -0.15) is 0 Å². The Labute approximate surface area is 373 Å². The molecule has 1 amide bonds. The average molecular weight is 846 g/mol. The number of ether oxygens (including phenoxy) is 1. The number of unbranched alkanes of at least 4 members (excludes halogenated alkanes) is 32. The predicted molar refractivity (Wildman–Crippen MR) is 260 cm³/mol. The Morgan fingerprint density at radius 3 is 1.30 bits per heavy atom. The van der Waals surface area contributed by atoms with Crippen molar-refractivity contribution in [2.24, 2.45) is 0 Å². The highest BCUT2D eigenvalue weighted by Gasteiger charge is 2.24. The summed E-state index contributed by atoms with van der Waals surface area (Å²) < 4.78 is 5.94. The summed E-state index contributed by atoms with van der Waals surface area (Å²) in [5, 5.41) is 23.8. The highest BCUT2D eigenvalue weighted by molar-refractivity contribution is 5.77. The van der Waals surface area contributed by atoms with Gasteiger partial charge in [0.2, 0.25) is 5.91 Å². The number of hydrogen-bond acceptors (Lipinski definition) is 5. The first kappa shape index (κ1) is 58.3. The first-order chi connectivity index (χ1) is 29.5. The Balaban J connectivity index is 4.58. The summed E-state index contributed by atoms with van der Waals surface area (Å²) in [5.41, 5.74) is 0. The number of carbonyl (C=O) groups excluding carboxylic acids is 2. The molecule has 354 valence electrons. The van der Waals surface area contributed by atoms with Gasteiger partial charge >= 0.3 is 5.97 Å². The highest BCUT2D eigenvalue weighted by atomic mass is 16.5. The third-order valence-electron chi connectivity index (χ3n) is 12.3. The zero-order chi connectivity index (χ0) is 43.8. The molecule has 0 aromatic carbocycles. The van der Waals surface area contributed by atoms with E-state index in [2.05, 4.69) is 50.4 Å². The Bertz CT molecular complexity index is 950. The number of allylic oxidation sites excluding steroid dienone is 4. The molecular weight excluding hydrogens is 743 g/mol. The van der Waals surface area contributed by atoms with Gasteiger partial charge in [0.25, 0.3) is 0 Å². The van der Waals surface area contributed by atoms with Crippen molar-refractivity contribution in [3.05, 3.63) is 24.3 Å². The van der Waals surface area contributed by atoms with Crippen molar-refractivity contribution in [2.75, 3.05) is 6.61 Å². The number of aliphatic hydroxyl groups is 2. The fraction of sp³-hybridized carbons (Fsp3) is 0.889. The molecule has 0 fully saturated rings. The first-order valence-corrected chi connectivity index (χ1v) is 26.6. The molecule has 3 unspecified atom stereocenters. The number of aliphatic hydroxyl groups excluding tert-OH is 2. The smallest absolute Gasteiger partial charge is 0.306 e. The van der Waals surface area contributed by atoms with E-state index >= 15 is 0 Å². The lowest BCUT2D eigenvalue weighted by atomic mass is 10.0. The lowest BCUT2D eigenvalue weighted by Crippen LogP contribution is -2.46. The maximum Gasteiger partial charge on any atom is 0.306 e. The molecule has 0 bridgehead atoms. The summed E-state index contributed by atoms with van der Waals surface area (Å²) in [6.07, 6.45) is 55.2. The van der Waals surface area contributed by atoms with E-state index in [1.54, 1.807) is 0 Å². The van der Waals surface area contributed by atoms with Gasteiger partial charge in [-0.1, -0.05) is 238 Å². The molecule has 3 atom stereocenters. The highest BCUT2D eigenvalue weighted by Crippen LogP contribution is 2.18. The summed E-state index contributed by atoms with van der Waals surface area (Å²) in [5.74, 6) is -0.472. The number of nitrogens with one attached hydrogen (secondary N) is 1. The minimum absolute atomic E-state index is 0.0736. The van der Waals surface area contributed by atoms with Crippen LogP contribution in [0.25, 0.3) is 0 Å². The molecule has 0 aliphatic rings. The van der Waals surface area contributed by atoms with Crippen LogP contribution in [0.4, 0.5) is 0 Å². The van der Waals surface area contributed by atoms with Crippen molar-refractivity contribution in [3.63, 3.8) is 0 Å². The van der Waals surface area contributed by atoms with Crippen LogP contribution in [-0.2, 0) is 14.3 Å². The third-order valence-corrected chi connectivity index (χ3v) is 12.3. The second-order valence-corrected chi connectivity index (χ2v) is 18.3. The van der Waals surface area contributed by atoms with Gasteiger partial charge in [-0.3, -0.25) is 9.59 Å².